The SMILES string of the molecule is COc1cc(CNC(=O)c2ccccc2S(C)(=O)=O)ccn1. The van der Waals surface area contributed by atoms with Crippen molar-refractivity contribution in [3.8, 4) is 5.88 Å². The lowest BCUT2D eigenvalue weighted by atomic mass is 10.2. The molecule has 0 bridgehead atoms. The number of methoxy groups -OCH3 is 1. The molecule has 2 aromatic rings. The molecular weight excluding hydrogens is 304 g/mol. The van der Waals surface area contributed by atoms with Gasteiger partial charge in [0.2, 0.25) is 5.88 Å². The first-order valence-electron chi connectivity index (χ1n) is 6.48. The summed E-state index contributed by atoms with van der Waals surface area (Å²) < 4.78 is 28.4. The summed E-state index contributed by atoms with van der Waals surface area (Å²) in [5.41, 5.74) is 0.933. The van der Waals surface area contributed by atoms with Crippen molar-refractivity contribution in [2.75, 3.05) is 13.4 Å². The van der Waals surface area contributed by atoms with Crippen LogP contribution in [0.1, 0.15) is 15.9 Å². The van der Waals surface area contributed by atoms with Gasteiger partial charge in [-0.2, -0.15) is 0 Å². The number of rotatable bonds is 5. The maximum atomic E-state index is 12.2. The number of sulfone groups is 1. The average molecular weight is 320 g/mol. The lowest BCUT2D eigenvalue weighted by molar-refractivity contribution is 0.0947. The van der Waals surface area contributed by atoms with Gasteiger partial charge in [-0.25, -0.2) is 13.4 Å². The van der Waals surface area contributed by atoms with Crippen LogP contribution in [0.5, 0.6) is 5.88 Å². The highest BCUT2D eigenvalue weighted by molar-refractivity contribution is 7.90. The zero-order chi connectivity index (χ0) is 16.2. The number of nitrogens with one attached hydrogen (secondary N) is 1. The van der Waals surface area contributed by atoms with E-state index in [1.54, 1.807) is 30.5 Å². The molecule has 0 fully saturated rings. The summed E-state index contributed by atoms with van der Waals surface area (Å²) in [5.74, 6) is 0.0000826. The van der Waals surface area contributed by atoms with Gasteiger partial charge in [0.05, 0.1) is 17.6 Å². The Kier molecular flexibility index (Phi) is 4.77. The van der Waals surface area contributed by atoms with Gasteiger partial charge in [-0.05, 0) is 23.8 Å². The number of carbonyl (C=O) groups excluding carboxylic acids is 1. The molecule has 0 saturated carbocycles. The van der Waals surface area contributed by atoms with Crippen molar-refractivity contribution in [3.63, 3.8) is 0 Å². The van der Waals surface area contributed by atoms with E-state index >= 15 is 0 Å². The number of hydrogen-bond donors (Lipinski definition) is 1. The molecule has 0 aliphatic carbocycles. The van der Waals surface area contributed by atoms with E-state index in [4.69, 9.17) is 4.74 Å². The van der Waals surface area contributed by atoms with Gasteiger partial charge in [0.15, 0.2) is 9.84 Å². The fourth-order valence-electron chi connectivity index (χ4n) is 1.93. The first-order chi connectivity index (χ1) is 10.4. The number of hydrogen-bond acceptors (Lipinski definition) is 5. The van der Waals surface area contributed by atoms with E-state index in [0.29, 0.717) is 5.88 Å². The molecule has 7 heteroatoms. The van der Waals surface area contributed by atoms with Crippen molar-refractivity contribution < 1.29 is 17.9 Å². The molecule has 22 heavy (non-hydrogen) atoms. The molecular formula is C15H16N2O4S. The zero-order valence-electron chi connectivity index (χ0n) is 12.2. The first kappa shape index (κ1) is 16.0. The van der Waals surface area contributed by atoms with Gasteiger partial charge in [0.25, 0.3) is 5.91 Å². The monoisotopic (exact) mass is 320 g/mol. The molecule has 1 N–H and O–H groups in total. The Bertz CT molecular complexity index is 788. The predicted octanol–water partition coefficient (Wildman–Crippen LogP) is 1.42. The smallest absolute Gasteiger partial charge is 0.252 e. The summed E-state index contributed by atoms with van der Waals surface area (Å²) >= 11 is 0. The van der Waals surface area contributed by atoms with Gasteiger partial charge >= 0.3 is 0 Å². The number of ether oxygens (including phenoxy) is 1. The van der Waals surface area contributed by atoms with Gasteiger partial charge in [-0.1, -0.05) is 12.1 Å². The topological polar surface area (TPSA) is 85.4 Å². The highest BCUT2D eigenvalue weighted by atomic mass is 32.2. The number of amides is 1. The summed E-state index contributed by atoms with van der Waals surface area (Å²) in [6, 6.07) is 9.55. The third-order valence-corrected chi connectivity index (χ3v) is 4.15. The Morgan fingerprint density at radius 3 is 2.68 bits per heavy atom. The molecule has 6 nitrogen and oxygen atoms in total. The lowest BCUT2D eigenvalue weighted by Gasteiger charge is -2.09. The quantitative estimate of drug-likeness (QED) is 0.900. The van der Waals surface area contributed by atoms with Crippen LogP contribution in [-0.2, 0) is 16.4 Å². The molecule has 1 aromatic carbocycles. The molecule has 0 saturated heterocycles. The number of aromatic nitrogens is 1. The van der Waals surface area contributed by atoms with Crippen molar-refractivity contribution in [2.24, 2.45) is 0 Å². The Hall–Kier alpha value is -2.41. The van der Waals surface area contributed by atoms with Crippen LogP contribution in [-0.4, -0.2) is 32.7 Å². The van der Waals surface area contributed by atoms with Gasteiger partial charge in [-0.15, -0.1) is 0 Å². The van der Waals surface area contributed by atoms with E-state index in [2.05, 4.69) is 10.3 Å². The number of benzene rings is 1. The molecule has 0 aliphatic rings. The van der Waals surface area contributed by atoms with Crippen LogP contribution < -0.4 is 10.1 Å². The number of pyridine rings is 1. The molecule has 116 valence electrons. The minimum Gasteiger partial charge on any atom is -0.481 e. The van der Waals surface area contributed by atoms with E-state index in [0.717, 1.165) is 11.8 Å². The maximum Gasteiger partial charge on any atom is 0.252 e. The zero-order valence-corrected chi connectivity index (χ0v) is 13.1. The van der Waals surface area contributed by atoms with Gasteiger partial charge < -0.3 is 10.1 Å². The third-order valence-electron chi connectivity index (χ3n) is 2.99. The largest absolute Gasteiger partial charge is 0.481 e. The van der Waals surface area contributed by atoms with Crippen LogP contribution >= 0.6 is 0 Å². The van der Waals surface area contributed by atoms with E-state index in [1.807, 2.05) is 0 Å². The number of carbonyl (C=O) groups is 1. The molecule has 0 unspecified atom stereocenters. The van der Waals surface area contributed by atoms with Crippen molar-refractivity contribution in [2.45, 2.75) is 11.4 Å². The van der Waals surface area contributed by atoms with Crippen molar-refractivity contribution in [1.82, 2.24) is 10.3 Å². The Morgan fingerprint density at radius 1 is 1.27 bits per heavy atom. The highest BCUT2D eigenvalue weighted by Crippen LogP contribution is 2.15. The minimum atomic E-state index is -3.46. The predicted molar refractivity (Wildman–Crippen MR) is 81.5 cm³/mol. The second-order valence-electron chi connectivity index (χ2n) is 4.66. The molecule has 0 aliphatic heterocycles. The Labute approximate surface area is 129 Å². The van der Waals surface area contributed by atoms with E-state index in [9.17, 15) is 13.2 Å². The van der Waals surface area contributed by atoms with Crippen LogP contribution in [0.2, 0.25) is 0 Å². The number of nitrogens with zero attached hydrogens (tertiary/aromatic N) is 1. The summed E-state index contributed by atoms with van der Waals surface area (Å²) in [4.78, 5) is 16.2. The van der Waals surface area contributed by atoms with E-state index < -0.39 is 15.7 Å². The average Bonchev–Trinajstić information content (AvgIpc) is 2.52. The van der Waals surface area contributed by atoms with Gasteiger partial charge in [0.1, 0.15) is 0 Å². The molecule has 0 radical (unpaired) electrons. The minimum absolute atomic E-state index is 0.0137. The second kappa shape index (κ2) is 6.57. The molecule has 0 spiro atoms. The fraction of sp³-hybridized carbons (Fsp3) is 0.200. The molecule has 0 atom stereocenters. The van der Waals surface area contributed by atoms with E-state index in [1.165, 1.54) is 19.2 Å². The molecule has 1 aromatic heterocycles. The normalized spacial score (nSPS) is 11.0. The van der Waals surface area contributed by atoms with Crippen LogP contribution in [0.15, 0.2) is 47.5 Å². The second-order valence-corrected chi connectivity index (χ2v) is 6.64. The summed E-state index contributed by atoms with van der Waals surface area (Å²) in [7, 11) is -1.96. The van der Waals surface area contributed by atoms with Crippen LogP contribution in [0.4, 0.5) is 0 Å². The van der Waals surface area contributed by atoms with E-state index in [-0.39, 0.29) is 17.0 Å². The third kappa shape index (κ3) is 3.82. The summed E-state index contributed by atoms with van der Waals surface area (Å²) in [5, 5.41) is 2.69. The lowest BCUT2D eigenvalue weighted by Crippen LogP contribution is -2.24. The van der Waals surface area contributed by atoms with Crippen LogP contribution in [0, 0.1) is 0 Å². The van der Waals surface area contributed by atoms with Crippen LogP contribution in [0.25, 0.3) is 0 Å². The first-order valence-corrected chi connectivity index (χ1v) is 8.37. The molecule has 1 amide bonds. The van der Waals surface area contributed by atoms with Crippen LogP contribution in [0.3, 0.4) is 0 Å². The van der Waals surface area contributed by atoms with Crippen molar-refractivity contribution in [1.29, 1.82) is 0 Å². The fourth-order valence-corrected chi connectivity index (χ4v) is 2.81. The van der Waals surface area contributed by atoms with Gasteiger partial charge in [0, 0.05) is 25.1 Å². The highest BCUT2D eigenvalue weighted by Gasteiger charge is 2.17. The summed E-state index contributed by atoms with van der Waals surface area (Å²) in [6.07, 6.45) is 2.65. The molecule has 1 heterocycles. The van der Waals surface area contributed by atoms with Crippen molar-refractivity contribution >= 4 is 15.7 Å². The Morgan fingerprint density at radius 2 is 2.00 bits per heavy atom. The van der Waals surface area contributed by atoms with Crippen molar-refractivity contribution in [3.05, 3.63) is 53.7 Å². The van der Waals surface area contributed by atoms with Gasteiger partial charge in [-0.3, -0.25) is 4.79 Å². The summed E-state index contributed by atoms with van der Waals surface area (Å²) in [6.45, 7) is 0.246. The molecule has 2 rings (SSSR count). The standard InChI is InChI=1S/C15H16N2O4S/c1-21-14-9-11(7-8-16-14)10-17-15(18)12-5-3-4-6-13(12)22(2,19)20/h3-9H,10H2,1-2H3,(H,17,18). The Balaban J connectivity index is 2.16. The maximum absolute atomic E-state index is 12.2.